The molecule has 31 aliphatic carbocycles. The van der Waals surface area contributed by atoms with Gasteiger partial charge in [0.2, 0.25) is 6.29 Å². The van der Waals surface area contributed by atoms with Crippen LogP contribution in [0.25, 0.3) is 0 Å². The highest BCUT2D eigenvalue weighted by atomic mass is 16.7. The van der Waals surface area contributed by atoms with Gasteiger partial charge in [-0.2, -0.15) is 0 Å². The summed E-state index contributed by atoms with van der Waals surface area (Å²) >= 11 is 0. The largest absolute Gasteiger partial charge is 0.459 e. The van der Waals surface area contributed by atoms with Gasteiger partial charge in [-0.3, -0.25) is 28.8 Å². The van der Waals surface area contributed by atoms with Gasteiger partial charge in [0.1, 0.15) is 22.4 Å². The van der Waals surface area contributed by atoms with Crippen molar-refractivity contribution >= 4 is 35.8 Å². The van der Waals surface area contributed by atoms with E-state index in [2.05, 4.69) is 69.2 Å². The van der Waals surface area contributed by atoms with Crippen LogP contribution in [0, 0.1) is 245 Å². The van der Waals surface area contributed by atoms with E-state index in [-0.39, 0.29) is 96.3 Å². The fourth-order valence-electron chi connectivity index (χ4n) is 40.0. The molecule has 0 aromatic carbocycles. The van der Waals surface area contributed by atoms with Crippen LogP contribution in [0.2, 0.25) is 0 Å². The third-order valence-corrected chi connectivity index (χ3v) is 48.6. The van der Waals surface area contributed by atoms with Gasteiger partial charge in [0.05, 0.1) is 44.2 Å². The Labute approximate surface area is 819 Å². The standard InChI is InChI=1S/2C23H36O2.C21H32O2.C20H32O3.C18H30O3.C16H28O2/c1-6-21(2,3)20(24)25-22(4,5)23-12-14-8-16-15-7-13(10-18(16)23)11-19(23)17(15)9-14;1-6-21(2,3)20(24)25-22(4,5)23-10-17-14-7-13-8-15(17)19(12-23)16(9-13)18(14)11-23;1-5-20(2,3)19(22)23-21(4)12-9-14-13-6-11-7-16(14)18(21)17(8-11)15(13)10-12;1-5-20(3,4)19(21)23-11(2)22-16-10-14-9-15(16)18-13-7-6-12(8-13)17(14)18;1-5-17(3,4)16(19)20-12(2)21-18-9-13-6-14(10-18)8-15(7-13)11-18;1-6-15(2,3)14(17)18-16(4,5)13-10-11-7-8-12(13)9-11/h2*13-19H,6-12H2,1-5H3;2*11-18H,5-10H2,1-4H3;12-15H,5-11H2,1-4H3;11-13H,6-10H2,1-5H3. The van der Waals surface area contributed by atoms with Crippen LogP contribution in [0.15, 0.2) is 0 Å². The number of esters is 6. The van der Waals surface area contributed by atoms with Crippen LogP contribution in [0.3, 0.4) is 0 Å². The van der Waals surface area contributed by atoms with E-state index in [1.54, 1.807) is 0 Å². The molecule has 0 aliphatic heterocycles. The van der Waals surface area contributed by atoms with Crippen molar-refractivity contribution in [3.8, 4) is 0 Å². The summed E-state index contributed by atoms with van der Waals surface area (Å²) in [5, 5.41) is 0. The minimum Gasteiger partial charge on any atom is -0.459 e. The molecule has 762 valence electrons. The lowest BCUT2D eigenvalue weighted by atomic mass is 9.28. The number of hydrogen-bond donors (Lipinski definition) is 0. The van der Waals surface area contributed by atoms with Crippen LogP contribution in [0.5, 0.6) is 0 Å². The predicted molar refractivity (Wildman–Crippen MR) is 531 cm³/mol. The Hall–Kier alpha value is -3.26. The maximum absolute atomic E-state index is 13.0. The maximum Gasteiger partial charge on any atom is 0.313 e. The number of carbonyl (C=O) groups excluding carboxylic acids is 6. The van der Waals surface area contributed by atoms with Gasteiger partial charge >= 0.3 is 35.8 Å². The van der Waals surface area contributed by atoms with Gasteiger partial charge in [0.15, 0.2) is 6.29 Å². The molecule has 0 amide bonds. The Morgan fingerprint density at radius 1 is 0.311 bits per heavy atom. The molecule has 0 heterocycles. The molecule has 135 heavy (non-hydrogen) atoms. The highest BCUT2D eigenvalue weighted by Crippen LogP contribution is 2.81. The molecule has 21 unspecified atom stereocenters. The smallest absolute Gasteiger partial charge is 0.313 e. The molecule has 31 saturated carbocycles. The Bertz CT molecular complexity index is 4220. The Kier molecular flexibility index (Phi) is 26.2. The molecule has 0 aromatic rings. The van der Waals surface area contributed by atoms with Crippen molar-refractivity contribution < 1.29 is 66.7 Å². The summed E-state index contributed by atoms with van der Waals surface area (Å²) in [6.45, 7) is 55.7. The summed E-state index contributed by atoms with van der Waals surface area (Å²) in [7, 11) is 0. The summed E-state index contributed by atoms with van der Waals surface area (Å²) in [6.07, 6.45) is 48.9. The Morgan fingerprint density at radius 3 is 1.16 bits per heavy atom. The SMILES string of the molecule is CCC(C)(C)C(=O)OC(C)(C)C12CC3C4CC5CC3C(C1)C(C5)C4C2.CCC(C)(C)C(=O)OC(C)(C)C12CC3CC4C5CC(CC41)CC2C5C3.CCC(C)(C)C(=O)OC(C)(C)C1CC2CCC1C2.CCC(C)(C)C(=O)OC(C)OC12CC3CC(CC(C3)C1)C2.CCC(C)(C)C(=O)OC(C)OC1CC2CC1C1C3CCC(C3)C21.CCC(C)(C)C(=O)OC1(C)C2CC3C4CC5CC3C1C(C5)C4C2. The summed E-state index contributed by atoms with van der Waals surface area (Å²) in [6, 6.07) is 0. The summed E-state index contributed by atoms with van der Waals surface area (Å²) in [4.78, 5) is 75.4. The average molecular weight is 1870 g/mol. The lowest BCUT2D eigenvalue weighted by molar-refractivity contribution is -0.309. The minimum absolute atomic E-state index is 0.00477. The minimum atomic E-state index is -0.418. The zero-order valence-corrected chi connectivity index (χ0v) is 90.4. The van der Waals surface area contributed by atoms with Crippen molar-refractivity contribution in [1.29, 1.82) is 0 Å². The van der Waals surface area contributed by atoms with Crippen molar-refractivity contribution in [3.05, 3.63) is 0 Å². The second kappa shape index (κ2) is 35.3. The zero-order chi connectivity index (χ0) is 96.9. The predicted octanol–water partition coefficient (Wildman–Crippen LogP) is 28.5. The normalized spacial score (nSPS) is 45.9. The molecule has 0 N–H and O–H groups in total. The summed E-state index contributed by atoms with van der Waals surface area (Å²) in [5.74, 6) is 30.6. The number of hydrogen-bond acceptors (Lipinski definition) is 14. The van der Waals surface area contributed by atoms with E-state index in [0.717, 1.165) is 222 Å². The lowest BCUT2D eigenvalue weighted by Crippen LogP contribution is -2.73. The first-order valence-corrected chi connectivity index (χ1v) is 57.9. The third kappa shape index (κ3) is 17.0. The van der Waals surface area contributed by atoms with E-state index in [4.69, 9.17) is 37.9 Å². The first-order valence-electron chi connectivity index (χ1n) is 57.9. The van der Waals surface area contributed by atoms with Crippen LogP contribution in [0.4, 0.5) is 0 Å². The van der Waals surface area contributed by atoms with E-state index in [1.165, 1.54) is 205 Å². The molecular formula is C121H194O14. The highest BCUT2D eigenvalue weighted by molar-refractivity contribution is 5.79. The first kappa shape index (κ1) is 100. The Morgan fingerprint density at radius 2 is 0.696 bits per heavy atom. The third-order valence-electron chi connectivity index (χ3n) is 48.6. The Balaban J connectivity index is 0.000000104. The fraction of sp³-hybridized carbons (Fsp3) is 0.950. The molecule has 14 nitrogen and oxygen atoms in total. The van der Waals surface area contributed by atoms with Gasteiger partial charge in [0.25, 0.3) is 0 Å². The van der Waals surface area contributed by atoms with E-state index in [9.17, 15) is 28.8 Å². The van der Waals surface area contributed by atoms with Gasteiger partial charge in [-0.15, -0.1) is 0 Å². The zero-order valence-electron chi connectivity index (χ0n) is 90.4. The van der Waals surface area contributed by atoms with Gasteiger partial charge in [0, 0.05) is 22.7 Å². The molecule has 0 aromatic heterocycles. The fourth-order valence-corrected chi connectivity index (χ4v) is 40.0. The first-order chi connectivity index (χ1) is 63.2. The van der Waals surface area contributed by atoms with Crippen molar-refractivity contribution in [2.45, 2.75) is 478 Å². The molecule has 31 rings (SSSR count). The summed E-state index contributed by atoms with van der Waals surface area (Å²) in [5.41, 5.74) is -2.80. The molecule has 34 bridgehead atoms. The van der Waals surface area contributed by atoms with E-state index >= 15 is 0 Å². The topological polar surface area (TPSA) is 176 Å². The average Bonchev–Trinajstić information content (AvgIpc) is 1.60. The van der Waals surface area contributed by atoms with E-state index in [1.807, 2.05) is 118 Å². The van der Waals surface area contributed by atoms with Crippen LogP contribution in [0.1, 0.15) is 431 Å². The molecule has 31 aliphatic rings. The highest BCUT2D eigenvalue weighted by Gasteiger charge is 2.77. The molecule has 21 atom stereocenters. The van der Waals surface area contributed by atoms with Crippen LogP contribution >= 0.6 is 0 Å². The number of fused-ring (bicyclic) bond motifs is 11. The molecule has 31 fully saturated rings. The van der Waals surface area contributed by atoms with Crippen molar-refractivity contribution in [2.75, 3.05) is 0 Å². The monoisotopic (exact) mass is 1870 g/mol. The molecule has 0 saturated heterocycles. The summed E-state index contributed by atoms with van der Waals surface area (Å²) < 4.78 is 48.8. The van der Waals surface area contributed by atoms with Gasteiger partial charge < -0.3 is 37.9 Å². The van der Waals surface area contributed by atoms with Crippen LogP contribution in [-0.4, -0.2) is 82.5 Å². The second-order valence-corrected chi connectivity index (χ2v) is 58.7. The second-order valence-electron chi connectivity index (χ2n) is 58.7. The molecule has 0 spiro atoms. The maximum atomic E-state index is 13.0. The van der Waals surface area contributed by atoms with Gasteiger partial charge in [-0.25, -0.2) is 0 Å². The van der Waals surface area contributed by atoms with Crippen molar-refractivity contribution in [1.82, 2.24) is 0 Å². The molecule has 0 radical (unpaired) electrons. The van der Waals surface area contributed by atoms with Crippen molar-refractivity contribution in [2.24, 2.45) is 245 Å². The molecule has 14 heteroatoms. The molecular weight excluding hydrogens is 1680 g/mol. The quantitative estimate of drug-likeness (QED) is 0.0365. The lowest BCUT2D eigenvalue weighted by Gasteiger charge is -2.77. The van der Waals surface area contributed by atoms with Crippen LogP contribution in [-0.2, 0) is 66.7 Å². The number of rotatable bonds is 25. The number of ether oxygens (including phenoxy) is 8. The van der Waals surface area contributed by atoms with E-state index in [0.29, 0.717) is 23.9 Å². The van der Waals surface area contributed by atoms with Crippen molar-refractivity contribution in [3.63, 3.8) is 0 Å². The van der Waals surface area contributed by atoms with Crippen LogP contribution < -0.4 is 0 Å². The number of carbonyl (C=O) groups is 6. The van der Waals surface area contributed by atoms with E-state index < -0.39 is 23.4 Å². The van der Waals surface area contributed by atoms with Gasteiger partial charge in [-0.1, -0.05) is 48.0 Å². The van der Waals surface area contributed by atoms with Gasteiger partial charge in [-0.05, 0) is 572 Å².